The van der Waals surface area contributed by atoms with Crippen molar-refractivity contribution in [2.24, 2.45) is 11.8 Å². The summed E-state index contributed by atoms with van der Waals surface area (Å²) >= 11 is 0. The number of carbonyl (C=O) groups excluding carboxylic acids is 1. The molecule has 0 unspecified atom stereocenters. The SMILES string of the molecule is CC[C@@H](Oc1cc(C)ccc1C)C(=O)N[C@@H]1C[C@H]2CC[C@H]1C2. The van der Waals surface area contributed by atoms with Gasteiger partial charge in [-0.05, 0) is 68.6 Å². The number of hydrogen-bond acceptors (Lipinski definition) is 2. The summed E-state index contributed by atoms with van der Waals surface area (Å²) in [5.74, 6) is 2.43. The third-order valence-corrected chi connectivity index (χ3v) is 5.34. The van der Waals surface area contributed by atoms with E-state index < -0.39 is 0 Å². The van der Waals surface area contributed by atoms with E-state index in [1.165, 1.54) is 19.3 Å². The molecule has 1 aromatic rings. The average Bonchev–Trinajstić information content (AvgIpc) is 3.10. The Bertz CT molecular complexity index is 554. The Hall–Kier alpha value is -1.51. The van der Waals surface area contributed by atoms with E-state index in [0.717, 1.165) is 29.2 Å². The number of amides is 1. The Balaban J connectivity index is 1.63. The molecule has 3 rings (SSSR count). The quantitative estimate of drug-likeness (QED) is 0.899. The monoisotopic (exact) mass is 301 g/mol. The minimum Gasteiger partial charge on any atom is -0.480 e. The highest BCUT2D eigenvalue weighted by Crippen LogP contribution is 2.44. The second kappa shape index (κ2) is 6.31. The highest BCUT2D eigenvalue weighted by atomic mass is 16.5. The summed E-state index contributed by atoms with van der Waals surface area (Å²) in [6, 6.07) is 6.51. The van der Waals surface area contributed by atoms with Gasteiger partial charge in [-0.3, -0.25) is 4.79 Å². The van der Waals surface area contributed by atoms with E-state index in [1.54, 1.807) is 0 Å². The van der Waals surface area contributed by atoms with Crippen LogP contribution in [0.25, 0.3) is 0 Å². The summed E-state index contributed by atoms with van der Waals surface area (Å²) in [6.07, 6.45) is 5.41. The van der Waals surface area contributed by atoms with Crippen LogP contribution in [0, 0.1) is 25.7 Å². The van der Waals surface area contributed by atoms with Gasteiger partial charge >= 0.3 is 0 Å². The van der Waals surface area contributed by atoms with Crippen molar-refractivity contribution in [3.05, 3.63) is 29.3 Å². The fourth-order valence-corrected chi connectivity index (χ4v) is 4.01. The van der Waals surface area contributed by atoms with Crippen molar-refractivity contribution < 1.29 is 9.53 Å². The first-order chi connectivity index (χ1) is 10.6. The van der Waals surface area contributed by atoms with Crippen molar-refractivity contribution >= 4 is 5.91 Å². The van der Waals surface area contributed by atoms with Crippen molar-refractivity contribution in [2.45, 2.75) is 65.0 Å². The number of hydrogen-bond donors (Lipinski definition) is 1. The first-order valence-corrected chi connectivity index (χ1v) is 8.61. The average molecular weight is 301 g/mol. The minimum absolute atomic E-state index is 0.0564. The van der Waals surface area contributed by atoms with Crippen molar-refractivity contribution in [3.63, 3.8) is 0 Å². The molecule has 2 aliphatic rings. The number of aryl methyl sites for hydroxylation is 2. The van der Waals surface area contributed by atoms with Crippen molar-refractivity contribution in [1.29, 1.82) is 0 Å². The van der Waals surface area contributed by atoms with Gasteiger partial charge in [0.2, 0.25) is 0 Å². The van der Waals surface area contributed by atoms with Crippen LogP contribution in [0.1, 0.15) is 50.2 Å². The molecular formula is C19H27NO2. The largest absolute Gasteiger partial charge is 0.480 e. The van der Waals surface area contributed by atoms with Crippen LogP contribution in [0.15, 0.2) is 18.2 Å². The molecule has 120 valence electrons. The van der Waals surface area contributed by atoms with Gasteiger partial charge in [0.25, 0.3) is 5.91 Å². The maximum Gasteiger partial charge on any atom is 0.261 e. The zero-order chi connectivity index (χ0) is 15.7. The predicted octanol–water partition coefficient (Wildman–Crippen LogP) is 3.77. The number of fused-ring (bicyclic) bond motifs is 2. The minimum atomic E-state index is -0.389. The van der Waals surface area contributed by atoms with Crippen LogP contribution < -0.4 is 10.1 Å². The summed E-state index contributed by atoms with van der Waals surface area (Å²) < 4.78 is 6.02. The molecule has 3 heteroatoms. The van der Waals surface area contributed by atoms with Gasteiger partial charge in [0.15, 0.2) is 6.10 Å². The Labute approximate surface area is 133 Å². The summed E-state index contributed by atoms with van der Waals surface area (Å²) in [6.45, 7) is 6.08. The first-order valence-electron chi connectivity index (χ1n) is 8.61. The van der Waals surface area contributed by atoms with E-state index in [1.807, 2.05) is 32.9 Å². The molecule has 3 nitrogen and oxygen atoms in total. The lowest BCUT2D eigenvalue weighted by Crippen LogP contribution is -2.45. The molecule has 0 heterocycles. The molecule has 1 N–H and O–H groups in total. The van der Waals surface area contributed by atoms with Crippen LogP contribution in [0.5, 0.6) is 5.75 Å². The molecule has 4 atom stereocenters. The van der Waals surface area contributed by atoms with Gasteiger partial charge in [0, 0.05) is 6.04 Å². The number of nitrogens with one attached hydrogen (secondary N) is 1. The fraction of sp³-hybridized carbons (Fsp3) is 0.632. The molecule has 0 spiro atoms. The van der Waals surface area contributed by atoms with Gasteiger partial charge in [-0.15, -0.1) is 0 Å². The molecule has 0 radical (unpaired) electrons. The Morgan fingerprint density at radius 3 is 2.77 bits per heavy atom. The van der Waals surface area contributed by atoms with E-state index in [9.17, 15) is 4.79 Å². The molecule has 0 aromatic heterocycles. The third-order valence-electron chi connectivity index (χ3n) is 5.34. The van der Waals surface area contributed by atoms with Crippen molar-refractivity contribution in [2.75, 3.05) is 0 Å². The fourth-order valence-electron chi connectivity index (χ4n) is 4.01. The van der Waals surface area contributed by atoms with Gasteiger partial charge < -0.3 is 10.1 Å². The highest BCUT2D eigenvalue weighted by Gasteiger charge is 2.40. The number of ether oxygens (including phenoxy) is 1. The molecule has 2 bridgehead atoms. The zero-order valence-corrected chi connectivity index (χ0v) is 13.9. The summed E-state index contributed by atoms with van der Waals surface area (Å²) in [7, 11) is 0. The number of carbonyl (C=O) groups is 1. The molecule has 0 saturated heterocycles. The Morgan fingerprint density at radius 2 is 2.14 bits per heavy atom. The van der Waals surface area contributed by atoms with Crippen molar-refractivity contribution in [1.82, 2.24) is 5.32 Å². The summed E-state index contributed by atoms with van der Waals surface area (Å²) in [5.41, 5.74) is 2.24. The van der Waals surface area contributed by atoms with Crippen LogP contribution in [-0.2, 0) is 4.79 Å². The van der Waals surface area contributed by atoms with E-state index in [-0.39, 0.29) is 12.0 Å². The molecule has 2 saturated carbocycles. The second-order valence-corrected chi connectivity index (χ2v) is 7.07. The highest BCUT2D eigenvalue weighted by molar-refractivity contribution is 5.81. The lowest BCUT2D eigenvalue weighted by Gasteiger charge is -2.26. The van der Waals surface area contributed by atoms with Crippen molar-refractivity contribution in [3.8, 4) is 5.75 Å². The van der Waals surface area contributed by atoms with E-state index in [2.05, 4.69) is 11.4 Å². The zero-order valence-electron chi connectivity index (χ0n) is 13.9. The van der Waals surface area contributed by atoms with Crippen LogP contribution in [0.3, 0.4) is 0 Å². The van der Waals surface area contributed by atoms with Gasteiger partial charge in [0.1, 0.15) is 5.75 Å². The van der Waals surface area contributed by atoms with Gasteiger partial charge in [0.05, 0.1) is 0 Å². The smallest absolute Gasteiger partial charge is 0.261 e. The maximum absolute atomic E-state index is 12.6. The molecule has 22 heavy (non-hydrogen) atoms. The topological polar surface area (TPSA) is 38.3 Å². The maximum atomic E-state index is 12.6. The van der Waals surface area contributed by atoms with E-state index in [0.29, 0.717) is 18.4 Å². The molecule has 0 aliphatic heterocycles. The van der Waals surface area contributed by atoms with Gasteiger partial charge in [-0.25, -0.2) is 0 Å². The molecule has 1 aromatic carbocycles. The molecule has 1 amide bonds. The van der Waals surface area contributed by atoms with Crippen LogP contribution in [0.2, 0.25) is 0 Å². The molecular weight excluding hydrogens is 274 g/mol. The van der Waals surface area contributed by atoms with E-state index >= 15 is 0 Å². The van der Waals surface area contributed by atoms with Gasteiger partial charge in [-0.1, -0.05) is 25.5 Å². The number of rotatable bonds is 5. The first kappa shape index (κ1) is 15.4. The second-order valence-electron chi connectivity index (χ2n) is 7.07. The Kier molecular flexibility index (Phi) is 4.42. The molecule has 2 aliphatic carbocycles. The van der Waals surface area contributed by atoms with Crippen LogP contribution >= 0.6 is 0 Å². The molecule has 2 fully saturated rings. The van der Waals surface area contributed by atoms with Crippen LogP contribution in [-0.4, -0.2) is 18.1 Å². The standard InChI is InChI=1S/C19H27NO2/c1-4-17(22-18-9-12(2)5-6-13(18)3)19(21)20-16-11-14-7-8-15(16)10-14/h5-6,9,14-17H,4,7-8,10-11H2,1-3H3,(H,20,21)/t14-,15-,16+,17+/m0/s1. The van der Waals surface area contributed by atoms with Gasteiger partial charge in [-0.2, -0.15) is 0 Å². The Morgan fingerprint density at radius 1 is 1.32 bits per heavy atom. The summed E-state index contributed by atoms with van der Waals surface area (Å²) in [5, 5.41) is 3.25. The number of benzene rings is 1. The normalized spacial score (nSPS) is 27.7. The lowest BCUT2D eigenvalue weighted by molar-refractivity contribution is -0.129. The third kappa shape index (κ3) is 3.13. The summed E-state index contributed by atoms with van der Waals surface area (Å²) in [4.78, 5) is 12.6. The predicted molar refractivity (Wildman–Crippen MR) is 88.0 cm³/mol. The van der Waals surface area contributed by atoms with Crippen LogP contribution in [0.4, 0.5) is 0 Å². The lowest BCUT2D eigenvalue weighted by atomic mass is 9.95. The van der Waals surface area contributed by atoms with E-state index in [4.69, 9.17) is 4.74 Å².